The van der Waals surface area contributed by atoms with Crippen molar-refractivity contribution >= 4 is 5.82 Å². The number of nitrogens with zero attached hydrogens (tertiary/aromatic N) is 3. The third kappa shape index (κ3) is 2.65. The van der Waals surface area contributed by atoms with Gasteiger partial charge in [0, 0.05) is 25.7 Å². The van der Waals surface area contributed by atoms with Crippen LogP contribution in [0.1, 0.15) is 25.0 Å². The molecule has 98 valence electrons. The van der Waals surface area contributed by atoms with Crippen LogP contribution < -0.4 is 5.73 Å². The highest BCUT2D eigenvalue weighted by Crippen LogP contribution is 2.21. The summed E-state index contributed by atoms with van der Waals surface area (Å²) in [5, 5.41) is 0. The van der Waals surface area contributed by atoms with Gasteiger partial charge in [0.15, 0.2) is 0 Å². The van der Waals surface area contributed by atoms with Gasteiger partial charge in [0.25, 0.3) is 0 Å². The van der Waals surface area contributed by atoms with E-state index in [0.29, 0.717) is 5.82 Å². The first-order valence-corrected chi connectivity index (χ1v) is 6.99. The Labute approximate surface area is 109 Å². The molecule has 2 aliphatic rings. The number of rotatable bonds is 3. The summed E-state index contributed by atoms with van der Waals surface area (Å²) in [5.41, 5.74) is 6.82. The lowest BCUT2D eigenvalue weighted by Crippen LogP contribution is -2.35. The summed E-state index contributed by atoms with van der Waals surface area (Å²) in [5.74, 6) is 0.628. The number of nitrogens with two attached hydrogens (primary N) is 1. The van der Waals surface area contributed by atoms with Crippen LogP contribution in [-0.2, 0) is 6.54 Å². The zero-order valence-corrected chi connectivity index (χ0v) is 10.9. The molecule has 1 atom stereocenters. The average Bonchev–Trinajstić information content (AvgIpc) is 2.98. The molecule has 2 aliphatic heterocycles. The first-order valence-electron chi connectivity index (χ1n) is 6.99. The lowest BCUT2D eigenvalue weighted by atomic mass is 10.2. The summed E-state index contributed by atoms with van der Waals surface area (Å²) < 4.78 is 0. The molecule has 1 aromatic heterocycles. The Morgan fingerprint density at radius 1 is 1.22 bits per heavy atom. The van der Waals surface area contributed by atoms with E-state index in [9.17, 15) is 0 Å². The van der Waals surface area contributed by atoms with Gasteiger partial charge in [-0.3, -0.25) is 9.80 Å². The minimum absolute atomic E-state index is 0.628. The maximum atomic E-state index is 5.72. The van der Waals surface area contributed by atoms with E-state index in [2.05, 4.69) is 20.9 Å². The molecule has 0 spiro atoms. The number of likely N-dealkylation sites (tertiary alicyclic amines) is 2. The topological polar surface area (TPSA) is 45.4 Å². The van der Waals surface area contributed by atoms with Crippen molar-refractivity contribution < 1.29 is 0 Å². The van der Waals surface area contributed by atoms with E-state index in [-0.39, 0.29) is 0 Å². The molecule has 3 rings (SSSR count). The predicted molar refractivity (Wildman–Crippen MR) is 73.1 cm³/mol. The summed E-state index contributed by atoms with van der Waals surface area (Å²) >= 11 is 0. The highest BCUT2D eigenvalue weighted by molar-refractivity contribution is 5.28. The van der Waals surface area contributed by atoms with Crippen LogP contribution >= 0.6 is 0 Å². The van der Waals surface area contributed by atoms with Gasteiger partial charge in [-0.25, -0.2) is 4.98 Å². The van der Waals surface area contributed by atoms with E-state index >= 15 is 0 Å². The first-order chi connectivity index (χ1) is 8.81. The highest BCUT2D eigenvalue weighted by Gasteiger charge is 2.29. The lowest BCUT2D eigenvalue weighted by molar-refractivity contribution is 0.229. The van der Waals surface area contributed by atoms with Gasteiger partial charge in [-0.1, -0.05) is 6.07 Å². The van der Waals surface area contributed by atoms with Crippen LogP contribution in [0.2, 0.25) is 0 Å². The van der Waals surface area contributed by atoms with Crippen molar-refractivity contribution in [2.24, 2.45) is 0 Å². The number of nitrogen functional groups attached to an aromatic ring is 1. The van der Waals surface area contributed by atoms with Crippen molar-refractivity contribution in [3.63, 3.8) is 0 Å². The van der Waals surface area contributed by atoms with E-state index in [0.717, 1.165) is 18.3 Å². The first kappa shape index (κ1) is 11.9. The second kappa shape index (κ2) is 5.24. The molecule has 1 unspecified atom stereocenters. The van der Waals surface area contributed by atoms with Gasteiger partial charge in [-0.05, 0) is 44.5 Å². The van der Waals surface area contributed by atoms with Crippen LogP contribution in [-0.4, -0.2) is 47.0 Å². The molecule has 0 radical (unpaired) electrons. The van der Waals surface area contributed by atoms with Gasteiger partial charge in [0.05, 0.1) is 5.69 Å². The molecular formula is C14H22N4. The predicted octanol–water partition coefficient (Wildman–Crippen LogP) is 1.33. The molecule has 4 heteroatoms. The third-order valence-corrected chi connectivity index (χ3v) is 4.12. The Kier molecular flexibility index (Phi) is 3.48. The van der Waals surface area contributed by atoms with Crippen molar-refractivity contribution in [3.8, 4) is 0 Å². The zero-order chi connectivity index (χ0) is 12.4. The van der Waals surface area contributed by atoms with E-state index in [1.54, 1.807) is 0 Å². The fourth-order valence-corrected chi connectivity index (χ4v) is 3.18. The number of pyridine rings is 1. The molecule has 2 saturated heterocycles. The van der Waals surface area contributed by atoms with Gasteiger partial charge in [0.1, 0.15) is 5.82 Å². The van der Waals surface area contributed by atoms with Crippen molar-refractivity contribution in [1.82, 2.24) is 14.8 Å². The summed E-state index contributed by atoms with van der Waals surface area (Å²) in [7, 11) is 0. The third-order valence-electron chi connectivity index (χ3n) is 4.12. The van der Waals surface area contributed by atoms with Crippen molar-refractivity contribution in [1.29, 1.82) is 0 Å². The Balaban J connectivity index is 1.55. The van der Waals surface area contributed by atoms with E-state index in [1.165, 1.54) is 45.4 Å². The second-order valence-corrected chi connectivity index (χ2v) is 5.47. The van der Waals surface area contributed by atoms with Crippen LogP contribution in [0.15, 0.2) is 18.2 Å². The molecule has 18 heavy (non-hydrogen) atoms. The molecular weight excluding hydrogens is 224 g/mol. The van der Waals surface area contributed by atoms with Gasteiger partial charge in [-0.15, -0.1) is 0 Å². The fourth-order valence-electron chi connectivity index (χ4n) is 3.18. The quantitative estimate of drug-likeness (QED) is 0.874. The molecule has 3 heterocycles. The number of hydrogen-bond acceptors (Lipinski definition) is 4. The van der Waals surface area contributed by atoms with Crippen molar-refractivity contribution in [3.05, 3.63) is 23.9 Å². The molecule has 0 saturated carbocycles. The molecule has 0 amide bonds. The Morgan fingerprint density at radius 3 is 2.83 bits per heavy atom. The van der Waals surface area contributed by atoms with Gasteiger partial charge in [-0.2, -0.15) is 0 Å². The molecule has 2 N–H and O–H groups in total. The highest BCUT2D eigenvalue weighted by atomic mass is 15.3. The minimum atomic E-state index is 0.628. The molecule has 0 aromatic carbocycles. The van der Waals surface area contributed by atoms with Crippen LogP contribution in [0.25, 0.3) is 0 Å². The van der Waals surface area contributed by atoms with Crippen molar-refractivity contribution in [2.45, 2.75) is 31.8 Å². The molecule has 4 nitrogen and oxygen atoms in total. The summed E-state index contributed by atoms with van der Waals surface area (Å²) in [6.45, 7) is 5.92. The number of aromatic nitrogens is 1. The minimum Gasteiger partial charge on any atom is -0.384 e. The SMILES string of the molecule is Nc1cccc(CN2CCC(N3CCCC3)C2)n1. The normalized spacial score (nSPS) is 25.9. The summed E-state index contributed by atoms with van der Waals surface area (Å²) in [6, 6.07) is 6.68. The van der Waals surface area contributed by atoms with Crippen LogP contribution in [0.5, 0.6) is 0 Å². The van der Waals surface area contributed by atoms with Crippen molar-refractivity contribution in [2.75, 3.05) is 31.9 Å². The van der Waals surface area contributed by atoms with Crippen LogP contribution in [0, 0.1) is 0 Å². The van der Waals surface area contributed by atoms with E-state index in [4.69, 9.17) is 5.73 Å². The Bertz CT molecular complexity index is 401. The van der Waals surface area contributed by atoms with E-state index < -0.39 is 0 Å². The zero-order valence-electron chi connectivity index (χ0n) is 10.9. The van der Waals surface area contributed by atoms with Gasteiger partial charge < -0.3 is 5.73 Å². The second-order valence-electron chi connectivity index (χ2n) is 5.47. The van der Waals surface area contributed by atoms with Crippen LogP contribution in [0.4, 0.5) is 5.82 Å². The number of anilines is 1. The Morgan fingerprint density at radius 2 is 2.06 bits per heavy atom. The van der Waals surface area contributed by atoms with Gasteiger partial charge in [0.2, 0.25) is 0 Å². The molecule has 1 aromatic rings. The fraction of sp³-hybridized carbons (Fsp3) is 0.643. The largest absolute Gasteiger partial charge is 0.384 e. The molecule has 2 fully saturated rings. The lowest BCUT2D eigenvalue weighted by Gasteiger charge is -2.23. The smallest absolute Gasteiger partial charge is 0.123 e. The Hall–Kier alpha value is -1.13. The summed E-state index contributed by atoms with van der Waals surface area (Å²) in [4.78, 5) is 9.55. The standard InChI is InChI=1S/C14H22N4/c15-14-5-3-4-12(16-14)10-17-9-6-13(11-17)18-7-1-2-8-18/h3-5,13H,1-2,6-11H2,(H2,15,16). The van der Waals surface area contributed by atoms with E-state index in [1.807, 2.05) is 12.1 Å². The average molecular weight is 246 g/mol. The van der Waals surface area contributed by atoms with Gasteiger partial charge >= 0.3 is 0 Å². The summed E-state index contributed by atoms with van der Waals surface area (Å²) in [6.07, 6.45) is 4.07. The maximum Gasteiger partial charge on any atom is 0.123 e. The maximum absolute atomic E-state index is 5.72. The monoisotopic (exact) mass is 246 g/mol. The molecule has 0 bridgehead atoms. The number of hydrogen-bond donors (Lipinski definition) is 1. The van der Waals surface area contributed by atoms with Crippen LogP contribution in [0.3, 0.4) is 0 Å². The molecule has 0 aliphatic carbocycles.